The average Bonchev–Trinajstić information content (AvgIpc) is 2.38. The van der Waals surface area contributed by atoms with Gasteiger partial charge in [-0.3, -0.25) is 0 Å². The minimum absolute atomic E-state index is 0.308. The minimum atomic E-state index is -0.736. The molecule has 0 bridgehead atoms. The molecule has 100 valence electrons. The van der Waals surface area contributed by atoms with Crippen molar-refractivity contribution in [1.82, 2.24) is 9.97 Å². The second-order valence-corrected chi connectivity index (χ2v) is 4.27. The third-order valence-corrected chi connectivity index (χ3v) is 2.90. The Kier molecular flexibility index (Phi) is 4.06. The van der Waals surface area contributed by atoms with Crippen LogP contribution in [0.1, 0.15) is 22.9 Å². The molecule has 1 aromatic heterocycles. The van der Waals surface area contributed by atoms with Gasteiger partial charge in [0.2, 0.25) is 5.88 Å². The normalized spacial score (nSPS) is 12.2. The highest BCUT2D eigenvalue weighted by molar-refractivity contribution is 5.29. The fourth-order valence-electron chi connectivity index (χ4n) is 1.92. The number of rotatable bonds is 4. The smallest absolute Gasteiger partial charge is 0.216 e. The molecule has 0 amide bonds. The second-order valence-electron chi connectivity index (χ2n) is 4.27. The van der Waals surface area contributed by atoms with E-state index in [1.165, 1.54) is 25.6 Å². The van der Waals surface area contributed by atoms with Crippen molar-refractivity contribution in [1.29, 1.82) is 0 Å². The van der Waals surface area contributed by atoms with Gasteiger partial charge in [0.25, 0.3) is 0 Å². The van der Waals surface area contributed by atoms with Crippen LogP contribution < -0.4 is 4.74 Å². The summed E-state index contributed by atoms with van der Waals surface area (Å²) >= 11 is 0. The first-order valence-corrected chi connectivity index (χ1v) is 5.89. The lowest BCUT2D eigenvalue weighted by Gasteiger charge is -2.13. The summed E-state index contributed by atoms with van der Waals surface area (Å²) in [6, 6.07) is 6.00. The predicted octanol–water partition coefficient (Wildman–Crippen LogP) is 2.21. The average molecular weight is 262 g/mol. The summed E-state index contributed by atoms with van der Waals surface area (Å²) in [5, 5.41) is 10.2. The Labute approximate surface area is 110 Å². The van der Waals surface area contributed by atoms with Crippen LogP contribution in [0.15, 0.2) is 30.6 Å². The number of aliphatic hydroxyl groups is 1. The van der Waals surface area contributed by atoms with Crippen molar-refractivity contribution < 1.29 is 14.2 Å². The summed E-state index contributed by atoms with van der Waals surface area (Å²) < 4.78 is 18.0. The third kappa shape index (κ3) is 3.26. The summed E-state index contributed by atoms with van der Waals surface area (Å²) in [6.07, 6.45) is 0.976. The van der Waals surface area contributed by atoms with E-state index in [9.17, 15) is 9.50 Å². The summed E-state index contributed by atoms with van der Waals surface area (Å²) in [7, 11) is 1.52. The Morgan fingerprint density at radius 1 is 1.32 bits per heavy atom. The molecule has 0 aliphatic heterocycles. The van der Waals surface area contributed by atoms with Gasteiger partial charge >= 0.3 is 0 Å². The van der Waals surface area contributed by atoms with Crippen LogP contribution in [0.25, 0.3) is 0 Å². The molecule has 4 nitrogen and oxygen atoms in total. The number of benzene rings is 1. The van der Waals surface area contributed by atoms with Crippen molar-refractivity contribution in [3.8, 4) is 5.88 Å². The molecular weight excluding hydrogens is 247 g/mol. The third-order valence-electron chi connectivity index (χ3n) is 2.90. The SMILES string of the molecule is COc1cc(CC(O)c2ccc(F)cc2C)ncn1. The number of halogens is 1. The first-order valence-electron chi connectivity index (χ1n) is 5.89. The van der Waals surface area contributed by atoms with E-state index < -0.39 is 6.10 Å². The van der Waals surface area contributed by atoms with Crippen LogP contribution >= 0.6 is 0 Å². The Balaban J connectivity index is 2.17. The number of aliphatic hydroxyl groups excluding tert-OH is 1. The summed E-state index contributed by atoms with van der Waals surface area (Å²) in [5.74, 6) is 0.144. The lowest BCUT2D eigenvalue weighted by Crippen LogP contribution is -2.06. The molecule has 2 aromatic rings. The van der Waals surface area contributed by atoms with Crippen molar-refractivity contribution in [2.45, 2.75) is 19.4 Å². The zero-order chi connectivity index (χ0) is 13.8. The highest BCUT2D eigenvalue weighted by Gasteiger charge is 2.13. The van der Waals surface area contributed by atoms with Crippen LogP contribution in [0.5, 0.6) is 5.88 Å². The lowest BCUT2D eigenvalue weighted by atomic mass is 10.00. The highest BCUT2D eigenvalue weighted by atomic mass is 19.1. The molecule has 0 fully saturated rings. The molecule has 0 saturated carbocycles. The van der Waals surface area contributed by atoms with Crippen molar-refractivity contribution >= 4 is 0 Å². The van der Waals surface area contributed by atoms with Crippen LogP contribution in [0.4, 0.5) is 4.39 Å². The number of nitrogens with zero attached hydrogens (tertiary/aromatic N) is 2. The Morgan fingerprint density at radius 2 is 2.11 bits per heavy atom. The zero-order valence-corrected chi connectivity index (χ0v) is 10.8. The Morgan fingerprint density at radius 3 is 2.79 bits per heavy atom. The quantitative estimate of drug-likeness (QED) is 0.917. The Hall–Kier alpha value is -2.01. The van der Waals surface area contributed by atoms with Crippen molar-refractivity contribution in [2.75, 3.05) is 7.11 Å². The van der Waals surface area contributed by atoms with E-state index in [0.717, 1.165) is 0 Å². The molecule has 1 unspecified atom stereocenters. The molecule has 5 heteroatoms. The van der Waals surface area contributed by atoms with Crippen LogP contribution in [-0.2, 0) is 6.42 Å². The van der Waals surface area contributed by atoms with E-state index in [-0.39, 0.29) is 5.82 Å². The van der Waals surface area contributed by atoms with E-state index in [2.05, 4.69) is 9.97 Å². The minimum Gasteiger partial charge on any atom is -0.481 e. The van der Waals surface area contributed by atoms with Crippen molar-refractivity contribution in [3.63, 3.8) is 0 Å². The maximum atomic E-state index is 13.0. The van der Waals surface area contributed by atoms with Crippen molar-refractivity contribution in [3.05, 3.63) is 53.2 Å². The standard InChI is InChI=1S/C14H15FN2O2/c1-9-5-10(15)3-4-12(9)13(18)6-11-7-14(19-2)17-8-16-11/h3-5,7-8,13,18H,6H2,1-2H3. The van der Waals surface area contributed by atoms with Crippen LogP contribution in [0.2, 0.25) is 0 Å². The van der Waals surface area contributed by atoms with Gasteiger partial charge in [0, 0.05) is 12.5 Å². The van der Waals surface area contributed by atoms with Gasteiger partial charge in [-0.15, -0.1) is 0 Å². The molecule has 0 saturated heterocycles. The van der Waals surface area contributed by atoms with Crippen LogP contribution in [0, 0.1) is 12.7 Å². The molecule has 0 aliphatic rings. The van der Waals surface area contributed by atoms with Crippen LogP contribution in [0.3, 0.4) is 0 Å². The first kappa shape index (κ1) is 13.4. The largest absolute Gasteiger partial charge is 0.481 e. The van der Waals surface area contributed by atoms with Gasteiger partial charge < -0.3 is 9.84 Å². The number of ether oxygens (including phenoxy) is 1. The van der Waals surface area contributed by atoms with E-state index in [4.69, 9.17) is 4.74 Å². The molecule has 0 spiro atoms. The maximum Gasteiger partial charge on any atom is 0.216 e. The molecule has 1 atom stereocenters. The van der Waals surface area contributed by atoms with Gasteiger partial charge in [0.05, 0.1) is 18.9 Å². The number of aryl methyl sites for hydroxylation is 1. The highest BCUT2D eigenvalue weighted by Crippen LogP contribution is 2.22. The monoisotopic (exact) mass is 262 g/mol. The molecule has 19 heavy (non-hydrogen) atoms. The summed E-state index contributed by atoms with van der Waals surface area (Å²) in [6.45, 7) is 1.77. The Bertz CT molecular complexity index is 575. The van der Waals surface area contributed by atoms with E-state index in [1.54, 1.807) is 19.1 Å². The molecule has 0 aliphatic carbocycles. The van der Waals surface area contributed by atoms with E-state index in [1.807, 2.05) is 0 Å². The van der Waals surface area contributed by atoms with Gasteiger partial charge in [0.1, 0.15) is 12.1 Å². The number of methoxy groups -OCH3 is 1. The lowest BCUT2D eigenvalue weighted by molar-refractivity contribution is 0.176. The first-order chi connectivity index (χ1) is 9.10. The number of aromatic nitrogens is 2. The van der Waals surface area contributed by atoms with Gasteiger partial charge in [-0.25, -0.2) is 14.4 Å². The molecule has 0 radical (unpaired) electrons. The van der Waals surface area contributed by atoms with Gasteiger partial charge in [-0.2, -0.15) is 0 Å². The molecule has 1 N–H and O–H groups in total. The number of hydrogen-bond donors (Lipinski definition) is 1. The summed E-state index contributed by atoms with van der Waals surface area (Å²) in [4.78, 5) is 7.98. The fraction of sp³-hybridized carbons (Fsp3) is 0.286. The second kappa shape index (κ2) is 5.75. The van der Waals surface area contributed by atoms with Crippen molar-refractivity contribution in [2.24, 2.45) is 0 Å². The van der Waals surface area contributed by atoms with E-state index in [0.29, 0.717) is 29.1 Å². The topological polar surface area (TPSA) is 55.2 Å². The van der Waals surface area contributed by atoms with Gasteiger partial charge in [-0.05, 0) is 30.2 Å². The zero-order valence-electron chi connectivity index (χ0n) is 10.8. The van der Waals surface area contributed by atoms with Crippen LogP contribution in [-0.4, -0.2) is 22.2 Å². The molecule has 1 aromatic carbocycles. The predicted molar refractivity (Wildman–Crippen MR) is 68.4 cm³/mol. The van der Waals surface area contributed by atoms with E-state index >= 15 is 0 Å². The van der Waals surface area contributed by atoms with Gasteiger partial charge in [0.15, 0.2) is 0 Å². The summed E-state index contributed by atoms with van der Waals surface area (Å²) in [5.41, 5.74) is 2.08. The number of hydrogen-bond acceptors (Lipinski definition) is 4. The maximum absolute atomic E-state index is 13.0. The fourth-order valence-corrected chi connectivity index (χ4v) is 1.92. The van der Waals surface area contributed by atoms with Gasteiger partial charge in [-0.1, -0.05) is 6.07 Å². The molecular formula is C14H15FN2O2. The molecule has 1 heterocycles. The molecule has 2 rings (SSSR count).